The fourth-order valence-electron chi connectivity index (χ4n) is 1.33. The van der Waals surface area contributed by atoms with E-state index in [0.29, 0.717) is 12.5 Å². The standard InChI is InChI=1S/C12H18FN3O.HI/c1-8(2)16-12(14)15-7-9-4-5-11(17-3)10(13)6-9;/h4-6,8H,7H2,1-3H3,(H3,14,15,16);1H. The summed E-state index contributed by atoms with van der Waals surface area (Å²) in [5, 5.41) is 2.96. The fraction of sp³-hybridized carbons (Fsp3) is 0.417. The van der Waals surface area contributed by atoms with Gasteiger partial charge in [0.05, 0.1) is 13.7 Å². The number of nitrogens with two attached hydrogens (primary N) is 1. The van der Waals surface area contributed by atoms with Crippen LogP contribution in [-0.2, 0) is 6.54 Å². The van der Waals surface area contributed by atoms with Crippen LogP contribution in [0, 0.1) is 5.82 Å². The molecule has 0 radical (unpaired) electrons. The Bertz CT molecular complexity index is 410. The second kappa shape index (κ2) is 8.12. The number of hydrogen-bond donors (Lipinski definition) is 2. The van der Waals surface area contributed by atoms with Crippen LogP contribution < -0.4 is 15.8 Å². The first-order valence-electron chi connectivity index (χ1n) is 5.41. The Kier molecular flexibility index (Phi) is 7.65. The molecule has 1 aromatic rings. The summed E-state index contributed by atoms with van der Waals surface area (Å²) in [6.07, 6.45) is 0. The highest BCUT2D eigenvalue weighted by atomic mass is 127. The number of halogens is 2. The van der Waals surface area contributed by atoms with Gasteiger partial charge >= 0.3 is 0 Å². The van der Waals surface area contributed by atoms with Crippen LogP contribution in [0.1, 0.15) is 19.4 Å². The maximum Gasteiger partial charge on any atom is 0.189 e. The zero-order valence-corrected chi connectivity index (χ0v) is 13.1. The molecular formula is C12H19FIN3O. The van der Waals surface area contributed by atoms with Gasteiger partial charge in [-0.3, -0.25) is 0 Å². The summed E-state index contributed by atoms with van der Waals surface area (Å²) in [6, 6.07) is 4.96. The van der Waals surface area contributed by atoms with Gasteiger partial charge in [-0.25, -0.2) is 9.38 Å². The topological polar surface area (TPSA) is 59.6 Å². The first-order valence-corrected chi connectivity index (χ1v) is 5.41. The molecule has 4 nitrogen and oxygen atoms in total. The molecule has 0 fully saturated rings. The highest BCUT2D eigenvalue weighted by Gasteiger charge is 2.03. The van der Waals surface area contributed by atoms with Crippen molar-refractivity contribution in [3.63, 3.8) is 0 Å². The molecule has 0 saturated heterocycles. The zero-order chi connectivity index (χ0) is 12.8. The van der Waals surface area contributed by atoms with Gasteiger partial charge in [-0.15, -0.1) is 24.0 Å². The number of aliphatic imine (C=N–C) groups is 1. The van der Waals surface area contributed by atoms with Gasteiger partial charge in [0.15, 0.2) is 17.5 Å². The van der Waals surface area contributed by atoms with Crippen molar-refractivity contribution in [1.82, 2.24) is 5.32 Å². The Balaban J connectivity index is 0.00000289. The minimum absolute atomic E-state index is 0. The van der Waals surface area contributed by atoms with E-state index in [1.54, 1.807) is 12.1 Å². The largest absolute Gasteiger partial charge is 0.494 e. The van der Waals surface area contributed by atoms with Gasteiger partial charge in [-0.2, -0.15) is 0 Å². The van der Waals surface area contributed by atoms with E-state index in [1.807, 2.05) is 13.8 Å². The normalized spacial score (nSPS) is 11.1. The maximum atomic E-state index is 13.4. The lowest BCUT2D eigenvalue weighted by molar-refractivity contribution is 0.386. The van der Waals surface area contributed by atoms with E-state index in [-0.39, 0.29) is 35.8 Å². The zero-order valence-electron chi connectivity index (χ0n) is 10.7. The summed E-state index contributed by atoms with van der Waals surface area (Å²) in [4.78, 5) is 4.11. The monoisotopic (exact) mass is 367 g/mol. The SMILES string of the molecule is COc1ccc(CN=C(N)NC(C)C)cc1F.I. The third kappa shape index (κ3) is 5.52. The van der Waals surface area contributed by atoms with Crippen LogP contribution >= 0.6 is 24.0 Å². The van der Waals surface area contributed by atoms with Gasteiger partial charge in [0, 0.05) is 6.04 Å². The Morgan fingerprint density at radius 1 is 1.50 bits per heavy atom. The quantitative estimate of drug-likeness (QED) is 0.488. The predicted octanol–water partition coefficient (Wildman–Crippen LogP) is 2.27. The molecule has 0 saturated carbocycles. The Labute approximate surface area is 124 Å². The number of nitrogens with one attached hydrogen (secondary N) is 1. The Morgan fingerprint density at radius 2 is 2.17 bits per heavy atom. The lowest BCUT2D eigenvalue weighted by atomic mass is 10.2. The molecular weight excluding hydrogens is 348 g/mol. The molecule has 0 aromatic heterocycles. The van der Waals surface area contributed by atoms with Crippen molar-refractivity contribution < 1.29 is 9.13 Å². The minimum Gasteiger partial charge on any atom is -0.494 e. The molecule has 1 aromatic carbocycles. The number of nitrogens with zero attached hydrogens (tertiary/aromatic N) is 1. The average Bonchev–Trinajstić information content (AvgIpc) is 2.25. The Hall–Kier alpha value is -1.05. The minimum atomic E-state index is -0.393. The van der Waals surface area contributed by atoms with Gasteiger partial charge in [-0.1, -0.05) is 6.07 Å². The lowest BCUT2D eigenvalue weighted by Gasteiger charge is -2.08. The van der Waals surface area contributed by atoms with Gasteiger partial charge < -0.3 is 15.8 Å². The first-order chi connectivity index (χ1) is 8.02. The third-order valence-electron chi connectivity index (χ3n) is 2.08. The molecule has 0 atom stereocenters. The molecule has 1 rings (SSSR count). The summed E-state index contributed by atoms with van der Waals surface area (Å²) in [5.41, 5.74) is 6.38. The van der Waals surface area contributed by atoms with E-state index < -0.39 is 5.82 Å². The number of methoxy groups -OCH3 is 1. The fourth-order valence-corrected chi connectivity index (χ4v) is 1.33. The highest BCUT2D eigenvalue weighted by molar-refractivity contribution is 14.0. The van der Waals surface area contributed by atoms with Crippen molar-refractivity contribution in [2.24, 2.45) is 10.7 Å². The molecule has 0 spiro atoms. The molecule has 0 aliphatic heterocycles. The van der Waals surface area contributed by atoms with Crippen LogP contribution in [0.5, 0.6) is 5.75 Å². The van der Waals surface area contributed by atoms with Crippen molar-refractivity contribution >= 4 is 29.9 Å². The molecule has 0 heterocycles. The second-order valence-corrected chi connectivity index (χ2v) is 3.97. The van der Waals surface area contributed by atoms with Gasteiger partial charge in [0.25, 0.3) is 0 Å². The van der Waals surface area contributed by atoms with Crippen molar-refractivity contribution in [2.75, 3.05) is 7.11 Å². The summed E-state index contributed by atoms with van der Waals surface area (Å²) in [5.74, 6) is 0.192. The molecule has 6 heteroatoms. The van der Waals surface area contributed by atoms with Crippen LogP contribution in [0.3, 0.4) is 0 Å². The second-order valence-electron chi connectivity index (χ2n) is 3.97. The number of hydrogen-bond acceptors (Lipinski definition) is 2. The smallest absolute Gasteiger partial charge is 0.189 e. The first kappa shape index (κ1) is 16.9. The lowest BCUT2D eigenvalue weighted by Crippen LogP contribution is -2.36. The molecule has 0 aliphatic rings. The summed E-state index contributed by atoms with van der Waals surface area (Å²) < 4.78 is 18.2. The van der Waals surface area contributed by atoms with Crippen molar-refractivity contribution in [3.8, 4) is 5.75 Å². The molecule has 0 amide bonds. The number of guanidine groups is 1. The van der Waals surface area contributed by atoms with Crippen molar-refractivity contribution in [1.29, 1.82) is 0 Å². The highest BCUT2D eigenvalue weighted by Crippen LogP contribution is 2.17. The third-order valence-corrected chi connectivity index (χ3v) is 2.08. The van der Waals surface area contributed by atoms with Crippen LogP contribution in [0.2, 0.25) is 0 Å². The van der Waals surface area contributed by atoms with Gasteiger partial charge in [0.1, 0.15) is 0 Å². The van der Waals surface area contributed by atoms with Crippen LogP contribution in [-0.4, -0.2) is 19.1 Å². The molecule has 102 valence electrons. The van der Waals surface area contributed by atoms with Gasteiger partial charge in [0.2, 0.25) is 0 Å². The summed E-state index contributed by atoms with van der Waals surface area (Å²) in [6.45, 7) is 4.28. The van der Waals surface area contributed by atoms with E-state index in [1.165, 1.54) is 13.2 Å². The molecule has 0 aliphatic carbocycles. The van der Waals surface area contributed by atoms with Gasteiger partial charge in [-0.05, 0) is 31.5 Å². The van der Waals surface area contributed by atoms with E-state index in [9.17, 15) is 4.39 Å². The number of rotatable bonds is 4. The van der Waals surface area contributed by atoms with Crippen LogP contribution in [0.25, 0.3) is 0 Å². The maximum absolute atomic E-state index is 13.4. The van der Waals surface area contributed by atoms with E-state index in [0.717, 1.165) is 5.56 Å². The molecule has 0 unspecified atom stereocenters. The van der Waals surface area contributed by atoms with E-state index in [4.69, 9.17) is 10.5 Å². The summed E-state index contributed by atoms with van der Waals surface area (Å²) in [7, 11) is 1.43. The number of ether oxygens (including phenoxy) is 1. The average molecular weight is 367 g/mol. The summed E-state index contributed by atoms with van der Waals surface area (Å²) >= 11 is 0. The molecule has 18 heavy (non-hydrogen) atoms. The number of benzene rings is 1. The predicted molar refractivity (Wildman–Crippen MR) is 82.0 cm³/mol. The Morgan fingerprint density at radius 3 is 2.67 bits per heavy atom. The molecule has 3 N–H and O–H groups in total. The van der Waals surface area contributed by atoms with E-state index >= 15 is 0 Å². The van der Waals surface area contributed by atoms with Crippen molar-refractivity contribution in [2.45, 2.75) is 26.4 Å². The molecule has 0 bridgehead atoms. The van der Waals surface area contributed by atoms with Crippen LogP contribution in [0.4, 0.5) is 4.39 Å². The van der Waals surface area contributed by atoms with E-state index in [2.05, 4.69) is 10.3 Å². The van der Waals surface area contributed by atoms with Crippen molar-refractivity contribution in [3.05, 3.63) is 29.6 Å². The van der Waals surface area contributed by atoms with Crippen LogP contribution in [0.15, 0.2) is 23.2 Å².